The molecule has 6 nitrogen and oxygen atoms in total. The van der Waals surface area contributed by atoms with Gasteiger partial charge in [0.2, 0.25) is 0 Å². The van der Waals surface area contributed by atoms with Gasteiger partial charge in [0.1, 0.15) is 11.6 Å². The quantitative estimate of drug-likeness (QED) is 0.696. The Balaban J connectivity index is 2.18. The van der Waals surface area contributed by atoms with Crippen molar-refractivity contribution in [3.8, 4) is 0 Å². The van der Waals surface area contributed by atoms with Gasteiger partial charge in [-0.2, -0.15) is 0 Å². The maximum absolute atomic E-state index is 10.8. The van der Waals surface area contributed by atoms with Crippen LogP contribution < -0.4 is 5.73 Å². The van der Waals surface area contributed by atoms with Crippen LogP contribution in [0, 0.1) is 5.92 Å². The number of nitrogens with two attached hydrogens (primary N) is 1. The third-order valence-corrected chi connectivity index (χ3v) is 2.75. The average Bonchev–Trinajstić information content (AvgIpc) is 2.61. The minimum absolute atomic E-state index is 0.313. The lowest BCUT2D eigenvalue weighted by atomic mass is 9.98. The molecule has 1 aromatic rings. The van der Waals surface area contributed by atoms with Crippen molar-refractivity contribution < 1.29 is 9.90 Å². The van der Waals surface area contributed by atoms with E-state index in [1.54, 1.807) is 0 Å². The molecular formula is C9H14N4O2. The van der Waals surface area contributed by atoms with Gasteiger partial charge in [0, 0.05) is 19.4 Å². The van der Waals surface area contributed by atoms with Crippen LogP contribution in [0.3, 0.4) is 0 Å². The normalized spacial score (nSPS) is 19.9. The van der Waals surface area contributed by atoms with Crippen LogP contribution in [-0.2, 0) is 24.2 Å². The highest BCUT2D eigenvalue weighted by Crippen LogP contribution is 2.20. The fourth-order valence-corrected chi connectivity index (χ4v) is 1.91. The summed E-state index contributed by atoms with van der Waals surface area (Å²) in [4.78, 5) is 10.8. The van der Waals surface area contributed by atoms with Crippen molar-refractivity contribution in [2.45, 2.75) is 25.8 Å². The Kier molecular flexibility index (Phi) is 2.68. The molecule has 0 aliphatic carbocycles. The summed E-state index contributed by atoms with van der Waals surface area (Å²) in [6.45, 7) is 1.23. The van der Waals surface area contributed by atoms with Gasteiger partial charge < -0.3 is 15.4 Å². The highest BCUT2D eigenvalue weighted by molar-refractivity contribution is 5.70. The second-order valence-electron chi connectivity index (χ2n) is 3.75. The maximum atomic E-state index is 10.8. The first-order valence-corrected chi connectivity index (χ1v) is 5.06. The standard InChI is InChI=1S/C9H14N4O2/c10-3-1-7-11-12-8-5-6(9(14)15)2-4-13(7)8/h6H,1-5,10H2,(H,14,15). The third-order valence-electron chi connectivity index (χ3n) is 2.75. The van der Waals surface area contributed by atoms with E-state index in [2.05, 4.69) is 10.2 Å². The summed E-state index contributed by atoms with van der Waals surface area (Å²) in [5, 5.41) is 16.9. The molecule has 2 rings (SSSR count). The molecule has 0 fully saturated rings. The summed E-state index contributed by atoms with van der Waals surface area (Å²) in [5.74, 6) is 0.588. The molecule has 0 saturated heterocycles. The van der Waals surface area contributed by atoms with Gasteiger partial charge in [-0.15, -0.1) is 10.2 Å². The topological polar surface area (TPSA) is 94.0 Å². The fourth-order valence-electron chi connectivity index (χ4n) is 1.91. The van der Waals surface area contributed by atoms with Crippen molar-refractivity contribution >= 4 is 5.97 Å². The number of fused-ring (bicyclic) bond motifs is 1. The molecule has 1 unspecified atom stereocenters. The maximum Gasteiger partial charge on any atom is 0.307 e. The fraction of sp³-hybridized carbons (Fsp3) is 0.667. The predicted molar refractivity (Wildman–Crippen MR) is 52.2 cm³/mol. The molecule has 3 N–H and O–H groups in total. The van der Waals surface area contributed by atoms with E-state index in [0.29, 0.717) is 32.4 Å². The van der Waals surface area contributed by atoms with Crippen molar-refractivity contribution in [1.82, 2.24) is 14.8 Å². The zero-order valence-corrected chi connectivity index (χ0v) is 8.39. The Hall–Kier alpha value is -1.43. The largest absolute Gasteiger partial charge is 0.481 e. The highest BCUT2D eigenvalue weighted by Gasteiger charge is 2.27. The number of carboxylic acids is 1. The number of aromatic nitrogens is 3. The van der Waals surface area contributed by atoms with E-state index in [4.69, 9.17) is 10.8 Å². The first-order chi connectivity index (χ1) is 7.22. The summed E-state index contributed by atoms with van der Waals surface area (Å²) in [7, 11) is 0. The van der Waals surface area contributed by atoms with E-state index >= 15 is 0 Å². The minimum atomic E-state index is -0.746. The summed E-state index contributed by atoms with van der Waals surface area (Å²) >= 11 is 0. The molecule has 0 amide bonds. The number of hydrogen-bond donors (Lipinski definition) is 2. The Labute approximate surface area is 87.1 Å². The Morgan fingerprint density at radius 2 is 2.40 bits per heavy atom. The van der Waals surface area contributed by atoms with Gasteiger partial charge in [-0.25, -0.2) is 0 Å². The van der Waals surface area contributed by atoms with Gasteiger partial charge in [0.25, 0.3) is 0 Å². The molecule has 2 heterocycles. The van der Waals surface area contributed by atoms with E-state index in [1.165, 1.54) is 0 Å². The molecule has 0 radical (unpaired) electrons. The van der Waals surface area contributed by atoms with Crippen LogP contribution in [0.5, 0.6) is 0 Å². The van der Waals surface area contributed by atoms with Crippen LogP contribution >= 0.6 is 0 Å². The highest BCUT2D eigenvalue weighted by atomic mass is 16.4. The molecule has 15 heavy (non-hydrogen) atoms. The van der Waals surface area contributed by atoms with E-state index in [9.17, 15) is 4.79 Å². The molecular weight excluding hydrogens is 196 g/mol. The smallest absolute Gasteiger partial charge is 0.307 e. The number of carboxylic acid groups (broad SMARTS) is 1. The van der Waals surface area contributed by atoms with Gasteiger partial charge in [-0.05, 0) is 13.0 Å². The van der Waals surface area contributed by atoms with Crippen molar-refractivity contribution in [3.63, 3.8) is 0 Å². The van der Waals surface area contributed by atoms with Crippen LogP contribution in [0.1, 0.15) is 18.1 Å². The molecule has 1 aliphatic rings. The van der Waals surface area contributed by atoms with Crippen molar-refractivity contribution in [2.24, 2.45) is 11.7 Å². The Morgan fingerprint density at radius 3 is 3.07 bits per heavy atom. The van der Waals surface area contributed by atoms with Crippen molar-refractivity contribution in [1.29, 1.82) is 0 Å². The van der Waals surface area contributed by atoms with Gasteiger partial charge in [-0.1, -0.05) is 0 Å². The van der Waals surface area contributed by atoms with Crippen LogP contribution in [0.2, 0.25) is 0 Å². The van der Waals surface area contributed by atoms with E-state index < -0.39 is 5.97 Å². The van der Waals surface area contributed by atoms with Crippen LogP contribution in [-0.4, -0.2) is 32.4 Å². The summed E-state index contributed by atoms with van der Waals surface area (Å²) in [5.41, 5.74) is 5.45. The third kappa shape index (κ3) is 1.85. The lowest BCUT2D eigenvalue weighted by molar-refractivity contribution is -0.142. The molecule has 1 atom stereocenters. The van der Waals surface area contributed by atoms with Crippen molar-refractivity contribution in [3.05, 3.63) is 11.6 Å². The number of rotatable bonds is 3. The molecule has 0 saturated carbocycles. The van der Waals surface area contributed by atoms with E-state index in [1.807, 2.05) is 4.57 Å². The molecule has 82 valence electrons. The van der Waals surface area contributed by atoms with E-state index in [-0.39, 0.29) is 5.92 Å². The molecule has 0 aromatic carbocycles. The van der Waals surface area contributed by atoms with Gasteiger partial charge in [0.15, 0.2) is 0 Å². The first-order valence-electron chi connectivity index (χ1n) is 5.06. The lowest BCUT2D eigenvalue weighted by Gasteiger charge is -2.20. The van der Waals surface area contributed by atoms with Gasteiger partial charge in [-0.3, -0.25) is 4.79 Å². The minimum Gasteiger partial charge on any atom is -0.481 e. The molecule has 0 bridgehead atoms. The predicted octanol–water partition coefficient (Wildman–Crippen LogP) is -0.574. The summed E-state index contributed by atoms with van der Waals surface area (Å²) in [6.07, 6.45) is 1.83. The first kappa shape index (κ1) is 10.1. The summed E-state index contributed by atoms with van der Waals surface area (Å²) < 4.78 is 1.99. The van der Waals surface area contributed by atoms with E-state index in [0.717, 1.165) is 11.6 Å². The second kappa shape index (κ2) is 3.98. The zero-order chi connectivity index (χ0) is 10.8. The number of carbonyl (C=O) groups is 1. The van der Waals surface area contributed by atoms with Crippen LogP contribution in [0.4, 0.5) is 0 Å². The van der Waals surface area contributed by atoms with Crippen LogP contribution in [0.15, 0.2) is 0 Å². The number of aliphatic carboxylic acids is 1. The number of nitrogens with zero attached hydrogens (tertiary/aromatic N) is 3. The molecule has 1 aliphatic heterocycles. The molecule has 0 spiro atoms. The van der Waals surface area contributed by atoms with Gasteiger partial charge >= 0.3 is 5.97 Å². The zero-order valence-electron chi connectivity index (χ0n) is 8.39. The summed E-state index contributed by atoms with van der Waals surface area (Å²) in [6, 6.07) is 0. The van der Waals surface area contributed by atoms with Gasteiger partial charge in [0.05, 0.1) is 5.92 Å². The molecule has 1 aromatic heterocycles. The van der Waals surface area contributed by atoms with Crippen molar-refractivity contribution in [2.75, 3.05) is 6.54 Å². The monoisotopic (exact) mass is 210 g/mol. The number of hydrogen-bond acceptors (Lipinski definition) is 4. The second-order valence-corrected chi connectivity index (χ2v) is 3.75. The SMILES string of the molecule is NCCc1nnc2n1CCC(C(=O)O)C2. The lowest BCUT2D eigenvalue weighted by Crippen LogP contribution is -2.26. The van der Waals surface area contributed by atoms with Crippen LogP contribution in [0.25, 0.3) is 0 Å². The Morgan fingerprint density at radius 1 is 1.60 bits per heavy atom. The Bertz CT molecular complexity index is 374. The average molecular weight is 210 g/mol. The molecule has 6 heteroatoms.